The summed E-state index contributed by atoms with van der Waals surface area (Å²) < 4.78 is 39.9. The van der Waals surface area contributed by atoms with Crippen LogP contribution in [0.4, 0.5) is 10.1 Å². The van der Waals surface area contributed by atoms with Gasteiger partial charge in [0, 0.05) is 16.2 Å². The van der Waals surface area contributed by atoms with Gasteiger partial charge in [-0.25, -0.2) is 17.5 Å². The van der Waals surface area contributed by atoms with E-state index in [9.17, 15) is 12.8 Å². The molecule has 1 aromatic carbocycles. The van der Waals surface area contributed by atoms with E-state index in [-0.39, 0.29) is 16.8 Å². The van der Waals surface area contributed by atoms with E-state index in [1.54, 1.807) is 6.92 Å². The molecule has 0 fully saturated rings. The van der Waals surface area contributed by atoms with Crippen LogP contribution in [0.5, 0.6) is 0 Å². The Morgan fingerprint density at radius 1 is 1.56 bits per heavy atom. The first-order chi connectivity index (χ1) is 8.31. The third kappa shape index (κ3) is 3.41. The molecule has 1 atom stereocenters. The second-order valence-corrected chi connectivity index (χ2v) is 6.25. The Morgan fingerprint density at radius 2 is 2.17 bits per heavy atom. The number of hydrogen-bond acceptors (Lipinski definition) is 4. The molecule has 102 valence electrons. The maximum Gasteiger partial charge on any atom is 0.243 e. The molecule has 18 heavy (non-hydrogen) atoms. The van der Waals surface area contributed by atoms with Crippen molar-refractivity contribution < 1.29 is 17.9 Å². The molecule has 5 nitrogen and oxygen atoms in total. The summed E-state index contributed by atoms with van der Waals surface area (Å²) in [5.74, 6) is -0.906. The van der Waals surface area contributed by atoms with E-state index in [0.717, 1.165) is 12.1 Å². The van der Waals surface area contributed by atoms with Gasteiger partial charge < -0.3 is 10.8 Å². The quantitative estimate of drug-likeness (QED) is 0.702. The molecule has 1 rings (SSSR count). The molecular formula is C10H14BrFN2O3S. The molecule has 0 heterocycles. The fourth-order valence-corrected chi connectivity index (χ4v) is 3.00. The van der Waals surface area contributed by atoms with Gasteiger partial charge >= 0.3 is 0 Å². The summed E-state index contributed by atoms with van der Waals surface area (Å²) in [7, 11) is -4.04. The molecule has 0 radical (unpaired) electrons. The lowest BCUT2D eigenvalue weighted by Crippen LogP contribution is -2.37. The highest BCUT2D eigenvalue weighted by Crippen LogP contribution is 2.26. The monoisotopic (exact) mass is 340 g/mol. The number of aliphatic hydroxyl groups is 1. The van der Waals surface area contributed by atoms with E-state index in [4.69, 9.17) is 10.8 Å². The Hall–Kier alpha value is -0.700. The minimum absolute atomic E-state index is 0.119. The van der Waals surface area contributed by atoms with E-state index in [2.05, 4.69) is 20.7 Å². The fraction of sp³-hybridized carbons (Fsp3) is 0.400. The van der Waals surface area contributed by atoms with Crippen LogP contribution >= 0.6 is 15.9 Å². The summed E-state index contributed by atoms with van der Waals surface area (Å²) >= 11 is 3.00. The number of hydrogen-bond donors (Lipinski definition) is 3. The number of nitrogens with two attached hydrogens (primary N) is 1. The lowest BCUT2D eigenvalue weighted by molar-refractivity contribution is 0.253. The van der Waals surface area contributed by atoms with E-state index >= 15 is 0 Å². The average Bonchev–Trinajstić information content (AvgIpc) is 2.30. The predicted molar refractivity (Wildman–Crippen MR) is 70.0 cm³/mol. The van der Waals surface area contributed by atoms with Crippen molar-refractivity contribution in [2.24, 2.45) is 0 Å². The standard InChI is InChI=1S/C10H14BrFN2O3S/c1-2-6(5-15)14-18(16,17)10-4-9(13)7(11)3-8(10)12/h3-4,6,14-15H,2,5,13H2,1H3/t6-/m1/s1. The molecule has 0 aromatic heterocycles. The number of benzene rings is 1. The molecule has 0 amide bonds. The van der Waals surface area contributed by atoms with Crippen molar-refractivity contribution in [2.75, 3.05) is 12.3 Å². The van der Waals surface area contributed by atoms with Crippen LogP contribution in [0.2, 0.25) is 0 Å². The van der Waals surface area contributed by atoms with Gasteiger partial charge in [0.2, 0.25) is 10.0 Å². The molecule has 0 spiro atoms. The van der Waals surface area contributed by atoms with Gasteiger partial charge in [-0.05, 0) is 34.5 Å². The van der Waals surface area contributed by atoms with Gasteiger partial charge in [0.1, 0.15) is 10.7 Å². The van der Waals surface area contributed by atoms with E-state index in [0.29, 0.717) is 6.42 Å². The van der Waals surface area contributed by atoms with Gasteiger partial charge in [0.15, 0.2) is 0 Å². The second-order valence-electron chi connectivity index (χ2n) is 3.71. The van der Waals surface area contributed by atoms with Gasteiger partial charge in [0.25, 0.3) is 0 Å². The SMILES string of the molecule is CC[C@H](CO)NS(=O)(=O)c1cc(N)c(Br)cc1F. The lowest BCUT2D eigenvalue weighted by atomic mass is 10.3. The summed E-state index contributed by atoms with van der Waals surface area (Å²) in [6, 6.07) is 1.37. The van der Waals surface area contributed by atoms with Crippen LogP contribution in [0.15, 0.2) is 21.5 Å². The topological polar surface area (TPSA) is 92.4 Å². The zero-order chi connectivity index (χ0) is 13.9. The highest BCUT2D eigenvalue weighted by Gasteiger charge is 2.23. The summed E-state index contributed by atoms with van der Waals surface area (Å²) in [6.45, 7) is 1.35. The van der Waals surface area contributed by atoms with E-state index in [1.807, 2.05) is 0 Å². The predicted octanol–water partition coefficient (Wildman–Crippen LogP) is 1.22. The number of nitrogens with one attached hydrogen (secondary N) is 1. The number of sulfonamides is 1. The fourth-order valence-electron chi connectivity index (χ4n) is 1.28. The Kier molecular flexibility index (Phi) is 5.09. The van der Waals surface area contributed by atoms with Crippen LogP contribution < -0.4 is 10.5 Å². The van der Waals surface area contributed by atoms with Crippen molar-refractivity contribution in [3.05, 3.63) is 22.4 Å². The van der Waals surface area contributed by atoms with Crippen LogP contribution in [0, 0.1) is 5.82 Å². The van der Waals surface area contributed by atoms with Gasteiger partial charge in [-0.1, -0.05) is 6.92 Å². The lowest BCUT2D eigenvalue weighted by Gasteiger charge is -2.15. The molecule has 0 aliphatic rings. The first-order valence-corrected chi connectivity index (χ1v) is 7.47. The van der Waals surface area contributed by atoms with Crippen molar-refractivity contribution in [2.45, 2.75) is 24.3 Å². The number of rotatable bonds is 5. The molecule has 0 unspecified atom stereocenters. The zero-order valence-corrected chi connectivity index (χ0v) is 12.1. The van der Waals surface area contributed by atoms with Gasteiger partial charge in [-0.2, -0.15) is 0 Å². The number of anilines is 1. The number of aliphatic hydroxyl groups excluding tert-OH is 1. The van der Waals surface area contributed by atoms with Crippen molar-refractivity contribution in [3.63, 3.8) is 0 Å². The van der Waals surface area contributed by atoms with E-state index in [1.165, 1.54) is 0 Å². The normalized spacial score (nSPS) is 13.6. The molecule has 1 aromatic rings. The van der Waals surface area contributed by atoms with Crippen molar-refractivity contribution in [1.29, 1.82) is 0 Å². The second kappa shape index (κ2) is 5.96. The summed E-state index contributed by atoms with van der Waals surface area (Å²) in [6.07, 6.45) is 0.392. The van der Waals surface area contributed by atoms with Gasteiger partial charge in [0.05, 0.1) is 6.61 Å². The highest BCUT2D eigenvalue weighted by atomic mass is 79.9. The molecule has 0 saturated carbocycles. The molecule has 0 bridgehead atoms. The van der Waals surface area contributed by atoms with Crippen molar-refractivity contribution in [1.82, 2.24) is 4.72 Å². The molecule has 0 aliphatic carbocycles. The third-order valence-corrected chi connectivity index (χ3v) is 4.60. The Bertz CT molecular complexity index is 532. The smallest absolute Gasteiger partial charge is 0.243 e. The minimum Gasteiger partial charge on any atom is -0.398 e. The minimum atomic E-state index is -4.04. The molecule has 4 N–H and O–H groups in total. The average molecular weight is 341 g/mol. The first-order valence-electron chi connectivity index (χ1n) is 5.19. The van der Waals surface area contributed by atoms with Crippen LogP contribution in [-0.4, -0.2) is 26.2 Å². The summed E-state index contributed by atoms with van der Waals surface area (Å²) in [5, 5.41) is 8.95. The van der Waals surface area contributed by atoms with Gasteiger partial charge in [-0.3, -0.25) is 0 Å². The number of halogens is 2. The van der Waals surface area contributed by atoms with Crippen molar-refractivity contribution in [3.8, 4) is 0 Å². The molecule has 8 heteroatoms. The Balaban J connectivity index is 3.16. The third-order valence-electron chi connectivity index (χ3n) is 2.38. The maximum atomic E-state index is 13.6. The van der Waals surface area contributed by atoms with Crippen LogP contribution in [-0.2, 0) is 10.0 Å². The number of nitrogen functional groups attached to an aromatic ring is 1. The molecule has 0 saturated heterocycles. The van der Waals surface area contributed by atoms with Crippen molar-refractivity contribution >= 4 is 31.6 Å². The zero-order valence-electron chi connectivity index (χ0n) is 9.65. The molecular weight excluding hydrogens is 327 g/mol. The first kappa shape index (κ1) is 15.4. The van der Waals surface area contributed by atoms with Crippen LogP contribution in [0.1, 0.15) is 13.3 Å². The Labute approximate surface area is 113 Å². The largest absolute Gasteiger partial charge is 0.398 e. The summed E-state index contributed by atoms with van der Waals surface area (Å²) in [5.41, 5.74) is 5.65. The Morgan fingerprint density at radius 3 is 2.67 bits per heavy atom. The summed E-state index contributed by atoms with van der Waals surface area (Å²) in [4.78, 5) is -0.532. The highest BCUT2D eigenvalue weighted by molar-refractivity contribution is 9.10. The van der Waals surface area contributed by atoms with E-state index < -0.39 is 26.8 Å². The molecule has 0 aliphatic heterocycles. The van der Waals surface area contributed by atoms with Crippen LogP contribution in [0.25, 0.3) is 0 Å². The maximum absolute atomic E-state index is 13.6. The van der Waals surface area contributed by atoms with Gasteiger partial charge in [-0.15, -0.1) is 0 Å². The van der Waals surface area contributed by atoms with Crippen LogP contribution in [0.3, 0.4) is 0 Å².